The lowest BCUT2D eigenvalue weighted by molar-refractivity contribution is 0.594. The molecule has 3 N–H and O–H groups in total. The summed E-state index contributed by atoms with van der Waals surface area (Å²) in [7, 11) is -2.23. The lowest BCUT2D eigenvalue weighted by Gasteiger charge is -2.19. The molecule has 0 radical (unpaired) electrons. The van der Waals surface area contributed by atoms with E-state index in [0.717, 1.165) is 4.31 Å². The van der Waals surface area contributed by atoms with Crippen molar-refractivity contribution >= 4 is 21.5 Å². The molecule has 0 saturated carbocycles. The van der Waals surface area contributed by atoms with Gasteiger partial charge >= 0.3 is 0 Å². The van der Waals surface area contributed by atoms with E-state index in [4.69, 9.17) is 11.1 Å². The molecule has 0 unspecified atom stereocenters. The maximum Gasteiger partial charge on any atom is 0.265 e. The zero-order valence-electron chi connectivity index (χ0n) is 10.8. The van der Waals surface area contributed by atoms with Crippen LogP contribution in [-0.2, 0) is 10.0 Å². The van der Waals surface area contributed by atoms with Crippen LogP contribution in [0.15, 0.2) is 53.7 Å². The number of nitrogens with zero attached hydrogens (tertiary/aromatic N) is 2. The highest BCUT2D eigenvalue weighted by molar-refractivity contribution is 7.92. The molecule has 6 nitrogen and oxygen atoms in total. The van der Waals surface area contributed by atoms with Gasteiger partial charge in [-0.2, -0.15) is 0 Å². The van der Waals surface area contributed by atoms with Crippen molar-refractivity contribution in [3.05, 3.63) is 54.4 Å². The van der Waals surface area contributed by atoms with Crippen molar-refractivity contribution < 1.29 is 8.42 Å². The Kier molecular flexibility index (Phi) is 3.71. The van der Waals surface area contributed by atoms with Crippen LogP contribution in [0.5, 0.6) is 0 Å². The van der Waals surface area contributed by atoms with Crippen LogP contribution in [0.25, 0.3) is 0 Å². The van der Waals surface area contributed by atoms with E-state index in [0.29, 0.717) is 11.3 Å². The van der Waals surface area contributed by atoms with Crippen LogP contribution in [0.4, 0.5) is 5.69 Å². The smallest absolute Gasteiger partial charge is 0.265 e. The highest BCUT2D eigenvalue weighted by atomic mass is 32.2. The number of pyridine rings is 1. The minimum atomic E-state index is -3.67. The third-order valence-corrected chi connectivity index (χ3v) is 4.58. The first-order valence-electron chi connectivity index (χ1n) is 5.76. The summed E-state index contributed by atoms with van der Waals surface area (Å²) in [5.41, 5.74) is 6.31. The van der Waals surface area contributed by atoms with E-state index in [9.17, 15) is 8.42 Å². The second-order valence-electron chi connectivity index (χ2n) is 4.13. The van der Waals surface area contributed by atoms with Gasteiger partial charge < -0.3 is 5.73 Å². The summed E-state index contributed by atoms with van der Waals surface area (Å²) in [6.45, 7) is 0. The third kappa shape index (κ3) is 2.62. The Morgan fingerprint density at radius 1 is 1.30 bits per heavy atom. The lowest BCUT2D eigenvalue weighted by Crippen LogP contribution is -2.27. The summed E-state index contributed by atoms with van der Waals surface area (Å²) in [4.78, 5) is 3.92. The van der Waals surface area contributed by atoms with Crippen molar-refractivity contribution in [2.75, 3.05) is 11.4 Å². The minimum Gasteiger partial charge on any atom is -0.384 e. The number of rotatable bonds is 4. The highest BCUT2D eigenvalue weighted by Crippen LogP contribution is 2.22. The number of benzene rings is 1. The number of nitrogen functional groups attached to an aromatic ring is 1. The van der Waals surface area contributed by atoms with Gasteiger partial charge in [-0.3, -0.25) is 14.7 Å². The monoisotopic (exact) mass is 290 g/mol. The number of amidine groups is 1. The molecule has 7 heteroatoms. The molecule has 0 aliphatic carbocycles. The molecule has 0 amide bonds. The average Bonchev–Trinajstić information content (AvgIpc) is 2.47. The second-order valence-corrected chi connectivity index (χ2v) is 6.09. The molecule has 1 aromatic heterocycles. The summed E-state index contributed by atoms with van der Waals surface area (Å²) >= 11 is 0. The van der Waals surface area contributed by atoms with Crippen molar-refractivity contribution in [2.45, 2.75) is 4.90 Å². The van der Waals surface area contributed by atoms with E-state index in [-0.39, 0.29) is 10.7 Å². The van der Waals surface area contributed by atoms with Gasteiger partial charge in [0.1, 0.15) is 10.7 Å². The molecule has 1 heterocycles. The van der Waals surface area contributed by atoms with Gasteiger partial charge in [-0.1, -0.05) is 12.1 Å². The van der Waals surface area contributed by atoms with Gasteiger partial charge in [0.2, 0.25) is 0 Å². The largest absolute Gasteiger partial charge is 0.384 e. The number of hydrogen-bond donors (Lipinski definition) is 2. The first-order chi connectivity index (χ1) is 9.43. The van der Waals surface area contributed by atoms with Crippen LogP contribution in [0.3, 0.4) is 0 Å². The summed E-state index contributed by atoms with van der Waals surface area (Å²) < 4.78 is 26.0. The fourth-order valence-electron chi connectivity index (χ4n) is 1.67. The van der Waals surface area contributed by atoms with Crippen molar-refractivity contribution in [2.24, 2.45) is 5.73 Å². The van der Waals surface area contributed by atoms with Crippen molar-refractivity contribution in [3.63, 3.8) is 0 Å². The van der Waals surface area contributed by atoms with Crippen molar-refractivity contribution in [1.82, 2.24) is 4.98 Å². The van der Waals surface area contributed by atoms with Crippen LogP contribution >= 0.6 is 0 Å². The normalized spacial score (nSPS) is 11.1. The highest BCUT2D eigenvalue weighted by Gasteiger charge is 2.21. The van der Waals surface area contributed by atoms with Crippen LogP contribution < -0.4 is 10.0 Å². The standard InChI is InChI=1S/C13H14N4O2S/c1-17(11-5-2-4-10(8-11)13(14)15)20(18,19)12-6-3-7-16-9-12/h2-9H,1H3,(H3,14,15). The molecule has 0 fully saturated rings. The quantitative estimate of drug-likeness (QED) is 0.652. The Hall–Kier alpha value is -2.41. The van der Waals surface area contributed by atoms with E-state index in [1.54, 1.807) is 30.3 Å². The van der Waals surface area contributed by atoms with Crippen LogP contribution in [0.2, 0.25) is 0 Å². The number of sulfonamides is 1. The summed E-state index contributed by atoms with van der Waals surface area (Å²) in [5.74, 6) is -0.112. The molecule has 2 aromatic rings. The lowest BCUT2D eigenvalue weighted by atomic mass is 10.2. The van der Waals surface area contributed by atoms with Crippen molar-refractivity contribution in [3.8, 4) is 0 Å². The molecule has 0 spiro atoms. The van der Waals surface area contributed by atoms with Crippen LogP contribution in [-0.4, -0.2) is 26.3 Å². The second kappa shape index (κ2) is 5.30. The zero-order chi connectivity index (χ0) is 14.8. The number of aromatic nitrogens is 1. The minimum absolute atomic E-state index is 0.107. The fraction of sp³-hybridized carbons (Fsp3) is 0.0769. The third-order valence-electron chi connectivity index (χ3n) is 2.81. The molecule has 0 bridgehead atoms. The Bertz CT molecular complexity index is 729. The molecular formula is C13H14N4O2S. The van der Waals surface area contributed by atoms with Gasteiger partial charge in [0.25, 0.3) is 10.0 Å². The van der Waals surface area contributed by atoms with Gasteiger partial charge in [0.15, 0.2) is 0 Å². The van der Waals surface area contributed by atoms with E-state index in [1.165, 1.54) is 25.5 Å². The molecule has 0 aliphatic heterocycles. The first kappa shape index (κ1) is 14.0. The van der Waals surface area contributed by atoms with E-state index >= 15 is 0 Å². The average molecular weight is 290 g/mol. The van der Waals surface area contributed by atoms with Gasteiger partial charge in [0.05, 0.1) is 5.69 Å². The topological polar surface area (TPSA) is 100 Å². The summed E-state index contributed by atoms with van der Waals surface area (Å²) in [6.07, 6.45) is 2.80. The first-order valence-corrected chi connectivity index (χ1v) is 7.20. The number of hydrogen-bond acceptors (Lipinski definition) is 4. The number of nitrogens with two attached hydrogens (primary N) is 1. The number of nitrogens with one attached hydrogen (secondary N) is 1. The number of anilines is 1. The molecule has 0 atom stereocenters. The fourth-order valence-corrected chi connectivity index (χ4v) is 2.82. The maximum absolute atomic E-state index is 12.4. The Morgan fingerprint density at radius 2 is 2.05 bits per heavy atom. The Morgan fingerprint density at radius 3 is 2.65 bits per heavy atom. The molecule has 0 saturated heterocycles. The summed E-state index contributed by atoms with van der Waals surface area (Å²) in [6, 6.07) is 9.54. The van der Waals surface area contributed by atoms with Crippen molar-refractivity contribution in [1.29, 1.82) is 5.41 Å². The predicted molar refractivity (Wildman–Crippen MR) is 77.3 cm³/mol. The molecule has 104 valence electrons. The molecular weight excluding hydrogens is 276 g/mol. The van der Waals surface area contributed by atoms with Gasteiger partial charge in [-0.25, -0.2) is 8.42 Å². The van der Waals surface area contributed by atoms with Gasteiger partial charge in [-0.05, 0) is 24.3 Å². The Balaban J connectivity index is 2.43. The van der Waals surface area contributed by atoms with E-state index < -0.39 is 10.0 Å². The summed E-state index contributed by atoms with van der Waals surface area (Å²) in [5, 5.41) is 7.39. The predicted octanol–water partition coefficient (Wildman–Crippen LogP) is 1.19. The Labute approximate surface area is 117 Å². The van der Waals surface area contributed by atoms with Gasteiger partial charge in [-0.15, -0.1) is 0 Å². The molecule has 2 rings (SSSR count). The molecule has 20 heavy (non-hydrogen) atoms. The maximum atomic E-state index is 12.4. The van der Waals surface area contributed by atoms with Crippen LogP contribution in [0.1, 0.15) is 5.56 Å². The van der Waals surface area contributed by atoms with E-state index in [2.05, 4.69) is 4.98 Å². The van der Waals surface area contributed by atoms with Gasteiger partial charge in [0, 0.05) is 25.0 Å². The molecule has 0 aliphatic rings. The van der Waals surface area contributed by atoms with E-state index in [1.807, 2.05) is 0 Å². The molecule has 1 aromatic carbocycles. The zero-order valence-corrected chi connectivity index (χ0v) is 11.6. The SMILES string of the molecule is CN(c1cccc(C(=N)N)c1)S(=O)(=O)c1cccnc1. The van der Waals surface area contributed by atoms with Crippen LogP contribution in [0, 0.1) is 5.41 Å².